The van der Waals surface area contributed by atoms with Crippen LogP contribution in [-0.2, 0) is 6.42 Å². The molecule has 0 bridgehead atoms. The Kier molecular flexibility index (Phi) is 3.01. The molecule has 13 heavy (non-hydrogen) atoms. The zero-order valence-corrected chi connectivity index (χ0v) is 10.7. The van der Waals surface area contributed by atoms with Crippen LogP contribution in [0.4, 0.5) is 0 Å². The predicted octanol–water partition coefficient (Wildman–Crippen LogP) is 4.00. The van der Waals surface area contributed by atoms with Crippen LogP contribution in [0.5, 0.6) is 0 Å². The molecule has 0 radical (unpaired) electrons. The summed E-state index contributed by atoms with van der Waals surface area (Å²) < 4.78 is 2.47. The van der Waals surface area contributed by atoms with Crippen molar-refractivity contribution in [3.8, 4) is 0 Å². The van der Waals surface area contributed by atoms with Gasteiger partial charge < -0.3 is 0 Å². The Labute approximate surface area is 97.4 Å². The van der Waals surface area contributed by atoms with Gasteiger partial charge in [-0.3, -0.25) is 4.98 Å². The Bertz CT molecular complexity index is 424. The molecule has 2 aromatic heterocycles. The van der Waals surface area contributed by atoms with Crippen LogP contribution in [-0.4, -0.2) is 10.3 Å². The van der Waals surface area contributed by atoms with E-state index in [1.807, 2.05) is 12.3 Å². The summed E-state index contributed by atoms with van der Waals surface area (Å²) in [7, 11) is 0. The normalized spacial score (nSPS) is 10.9. The molecule has 0 N–H and O–H groups in total. The molecule has 2 aromatic rings. The van der Waals surface area contributed by atoms with E-state index in [9.17, 15) is 0 Å². The predicted molar refractivity (Wildman–Crippen MR) is 64.8 cm³/mol. The van der Waals surface area contributed by atoms with Gasteiger partial charge in [-0.05, 0) is 22.0 Å². The molecular formula is C9H7Br2NS. The highest BCUT2D eigenvalue weighted by Gasteiger charge is 2.06. The summed E-state index contributed by atoms with van der Waals surface area (Å²) in [5.41, 5.74) is 1.19. The van der Waals surface area contributed by atoms with Crippen molar-refractivity contribution in [1.82, 2.24) is 4.98 Å². The van der Waals surface area contributed by atoms with Crippen LogP contribution >= 0.6 is 43.2 Å². The molecule has 0 saturated carbocycles. The zero-order chi connectivity index (χ0) is 9.26. The van der Waals surface area contributed by atoms with Crippen LogP contribution in [0.1, 0.15) is 5.69 Å². The molecule has 0 spiro atoms. The van der Waals surface area contributed by atoms with Gasteiger partial charge in [0.15, 0.2) is 0 Å². The van der Waals surface area contributed by atoms with Crippen molar-refractivity contribution in [2.75, 3.05) is 5.33 Å². The van der Waals surface area contributed by atoms with E-state index in [0.29, 0.717) is 0 Å². The number of fused-ring (bicyclic) bond motifs is 1. The van der Waals surface area contributed by atoms with Gasteiger partial charge in [0, 0.05) is 33.2 Å². The van der Waals surface area contributed by atoms with Crippen molar-refractivity contribution in [1.29, 1.82) is 0 Å². The summed E-state index contributed by atoms with van der Waals surface area (Å²) in [5, 5.41) is 4.36. The Morgan fingerprint density at radius 1 is 1.46 bits per heavy atom. The van der Waals surface area contributed by atoms with Crippen LogP contribution in [0.25, 0.3) is 10.1 Å². The summed E-state index contributed by atoms with van der Waals surface area (Å²) in [4.78, 5) is 4.37. The molecule has 1 nitrogen and oxygen atoms in total. The molecule has 0 fully saturated rings. The third-order valence-electron chi connectivity index (χ3n) is 1.85. The van der Waals surface area contributed by atoms with E-state index in [-0.39, 0.29) is 0 Å². The number of aromatic nitrogens is 1. The van der Waals surface area contributed by atoms with Gasteiger partial charge in [-0.25, -0.2) is 0 Å². The maximum atomic E-state index is 4.37. The first kappa shape index (κ1) is 9.62. The first-order chi connectivity index (χ1) is 6.33. The summed E-state index contributed by atoms with van der Waals surface area (Å²) in [6, 6.07) is 2.05. The first-order valence-electron chi connectivity index (χ1n) is 3.89. The van der Waals surface area contributed by atoms with E-state index in [2.05, 4.69) is 42.2 Å². The van der Waals surface area contributed by atoms with Gasteiger partial charge in [-0.2, -0.15) is 0 Å². The molecular weight excluding hydrogens is 314 g/mol. The Balaban J connectivity index is 2.63. The molecule has 0 aromatic carbocycles. The van der Waals surface area contributed by atoms with Crippen molar-refractivity contribution in [3.05, 3.63) is 27.8 Å². The van der Waals surface area contributed by atoms with Crippen molar-refractivity contribution in [2.24, 2.45) is 0 Å². The highest BCUT2D eigenvalue weighted by atomic mass is 79.9. The highest BCUT2D eigenvalue weighted by Crippen LogP contribution is 2.31. The molecule has 0 amide bonds. The van der Waals surface area contributed by atoms with Gasteiger partial charge >= 0.3 is 0 Å². The van der Waals surface area contributed by atoms with Crippen molar-refractivity contribution in [2.45, 2.75) is 6.42 Å². The minimum absolute atomic E-state index is 0.967. The lowest BCUT2D eigenvalue weighted by Gasteiger charge is -1.98. The SMILES string of the molecule is BrCCc1nccc2c(Br)csc12. The molecule has 2 rings (SSSR count). The van der Waals surface area contributed by atoms with Gasteiger partial charge in [-0.1, -0.05) is 15.9 Å². The number of hydrogen-bond acceptors (Lipinski definition) is 2. The summed E-state index contributed by atoms with van der Waals surface area (Å²) in [5.74, 6) is 0. The molecule has 2 heterocycles. The number of halogens is 2. The van der Waals surface area contributed by atoms with Crippen LogP contribution in [0, 0.1) is 0 Å². The van der Waals surface area contributed by atoms with Gasteiger partial charge in [0.05, 0.1) is 10.4 Å². The van der Waals surface area contributed by atoms with Gasteiger partial charge in [0.1, 0.15) is 0 Å². The van der Waals surface area contributed by atoms with Crippen LogP contribution in [0.2, 0.25) is 0 Å². The molecule has 0 aliphatic rings. The third kappa shape index (κ3) is 1.80. The molecule has 0 aliphatic carbocycles. The van der Waals surface area contributed by atoms with Gasteiger partial charge in [-0.15, -0.1) is 11.3 Å². The Hall–Kier alpha value is 0.0700. The summed E-state index contributed by atoms with van der Waals surface area (Å²) in [6.07, 6.45) is 2.86. The van der Waals surface area contributed by atoms with Crippen molar-refractivity contribution < 1.29 is 0 Å². The number of thiophene rings is 1. The third-order valence-corrected chi connectivity index (χ3v) is 4.25. The zero-order valence-electron chi connectivity index (χ0n) is 6.76. The van der Waals surface area contributed by atoms with Crippen molar-refractivity contribution in [3.63, 3.8) is 0 Å². The second kappa shape index (κ2) is 4.07. The summed E-state index contributed by atoms with van der Waals surface area (Å²) in [6.45, 7) is 0. The van der Waals surface area contributed by atoms with Crippen LogP contribution in [0.3, 0.4) is 0 Å². The largest absolute Gasteiger partial charge is 0.260 e. The number of alkyl halides is 1. The molecule has 68 valence electrons. The highest BCUT2D eigenvalue weighted by molar-refractivity contribution is 9.10. The number of aryl methyl sites for hydroxylation is 1. The minimum atomic E-state index is 0.967. The smallest absolute Gasteiger partial charge is 0.0590 e. The lowest BCUT2D eigenvalue weighted by molar-refractivity contribution is 1.08. The first-order valence-corrected chi connectivity index (χ1v) is 6.69. The molecule has 0 aliphatic heterocycles. The van der Waals surface area contributed by atoms with Crippen LogP contribution < -0.4 is 0 Å². The van der Waals surface area contributed by atoms with E-state index in [4.69, 9.17) is 0 Å². The maximum absolute atomic E-state index is 4.37. The second-order valence-corrected chi connectivity index (χ2v) is 5.18. The van der Waals surface area contributed by atoms with Crippen molar-refractivity contribution >= 4 is 53.3 Å². The molecule has 4 heteroatoms. The Morgan fingerprint density at radius 2 is 2.31 bits per heavy atom. The molecule has 0 atom stereocenters. The summed E-state index contributed by atoms with van der Waals surface area (Å²) >= 11 is 8.70. The number of pyridine rings is 1. The van der Waals surface area contributed by atoms with Gasteiger partial charge in [0.25, 0.3) is 0 Å². The fourth-order valence-corrected chi connectivity index (χ4v) is 3.31. The number of nitrogens with zero attached hydrogens (tertiary/aromatic N) is 1. The monoisotopic (exact) mass is 319 g/mol. The van der Waals surface area contributed by atoms with E-state index in [0.717, 1.165) is 11.8 Å². The molecule has 0 saturated heterocycles. The fraction of sp³-hybridized carbons (Fsp3) is 0.222. The van der Waals surface area contributed by atoms with Crippen LogP contribution in [0.15, 0.2) is 22.1 Å². The second-order valence-electron chi connectivity index (χ2n) is 2.66. The average Bonchev–Trinajstić information content (AvgIpc) is 2.50. The lowest BCUT2D eigenvalue weighted by Crippen LogP contribution is -1.89. The standard InChI is InChI=1S/C9H7Br2NS/c10-3-1-8-9-6(2-4-12-8)7(11)5-13-9/h2,4-5H,1,3H2. The molecule has 0 unspecified atom stereocenters. The quantitative estimate of drug-likeness (QED) is 0.762. The lowest BCUT2D eigenvalue weighted by atomic mass is 10.2. The van der Waals surface area contributed by atoms with E-state index >= 15 is 0 Å². The average molecular weight is 321 g/mol. The topological polar surface area (TPSA) is 12.9 Å². The van der Waals surface area contributed by atoms with Gasteiger partial charge in [0.2, 0.25) is 0 Å². The van der Waals surface area contributed by atoms with E-state index < -0.39 is 0 Å². The maximum Gasteiger partial charge on any atom is 0.0590 e. The van der Waals surface area contributed by atoms with E-state index in [1.54, 1.807) is 11.3 Å². The Morgan fingerprint density at radius 3 is 3.08 bits per heavy atom. The minimum Gasteiger partial charge on any atom is -0.260 e. The van der Waals surface area contributed by atoms with E-state index in [1.165, 1.54) is 20.3 Å². The fourth-order valence-electron chi connectivity index (χ4n) is 1.25. The number of rotatable bonds is 2. The number of hydrogen-bond donors (Lipinski definition) is 0.